The lowest BCUT2D eigenvalue weighted by Crippen LogP contribution is -2.54. The van der Waals surface area contributed by atoms with E-state index in [4.69, 9.17) is 14.5 Å². The van der Waals surface area contributed by atoms with Gasteiger partial charge in [0.05, 0.1) is 36.4 Å². The van der Waals surface area contributed by atoms with Crippen LogP contribution in [0.3, 0.4) is 0 Å². The number of hydrogen-bond acceptors (Lipinski definition) is 14. The van der Waals surface area contributed by atoms with Crippen molar-refractivity contribution in [2.75, 3.05) is 84.3 Å². The number of halogens is 1. The fraction of sp³-hybridized carbons (Fsp3) is 0.468. The molecule has 0 spiro atoms. The lowest BCUT2D eigenvalue weighted by molar-refractivity contribution is -0.133. The Hall–Kier alpha value is -6.56. The topological polar surface area (TPSA) is 178 Å². The third kappa shape index (κ3) is 9.62. The standard InChI is InChI=1S/C47H56FN11O6/c1-29-39(27-49-43-41(29)59(23-24-64-43)46(63)65-47(2,3)4)58-16-13-31-26-50-45(53-37(31)28-58)52-32-7-5-30(6-8-32)44(62)57-17-14-34(15-18-57)55-19-21-56(22-20-55)38-11-9-33(25-35(38)48)51-36-10-12-40(60)54-42(36)61/h5-9,11,25-27,34,36,51H,10,12-24,28H2,1-4H3,(H,50,52,53)(H,54,60,61). The van der Waals surface area contributed by atoms with Gasteiger partial charge in [0, 0.05) is 87.0 Å². The zero-order chi connectivity index (χ0) is 45.4. The molecule has 342 valence electrons. The molecular weight excluding hydrogens is 834 g/mol. The number of carbonyl (C=O) groups excluding carboxylic acids is 4. The molecule has 1 atom stereocenters. The Bertz CT molecular complexity index is 2470. The number of rotatable bonds is 8. The second-order valence-corrected chi connectivity index (χ2v) is 18.3. The molecule has 0 aliphatic carbocycles. The van der Waals surface area contributed by atoms with Crippen molar-refractivity contribution in [2.24, 2.45) is 0 Å². The number of nitrogens with zero attached hydrogens (tertiary/aromatic N) is 8. The van der Waals surface area contributed by atoms with Crippen molar-refractivity contribution in [3.8, 4) is 5.88 Å². The molecule has 0 radical (unpaired) electrons. The average molecular weight is 890 g/mol. The van der Waals surface area contributed by atoms with Crippen LogP contribution < -0.4 is 35.4 Å². The molecule has 1 unspecified atom stereocenters. The molecule has 3 N–H and O–H groups in total. The molecule has 7 heterocycles. The van der Waals surface area contributed by atoms with E-state index in [1.165, 1.54) is 6.07 Å². The second-order valence-electron chi connectivity index (χ2n) is 18.3. The summed E-state index contributed by atoms with van der Waals surface area (Å²) >= 11 is 0. The Kier molecular flexibility index (Phi) is 12.2. The first kappa shape index (κ1) is 43.7. The van der Waals surface area contributed by atoms with Crippen molar-refractivity contribution in [1.29, 1.82) is 0 Å². The molecule has 65 heavy (non-hydrogen) atoms. The number of imide groups is 1. The van der Waals surface area contributed by atoms with E-state index in [1.54, 1.807) is 23.2 Å². The Labute approximate surface area is 377 Å². The number of ether oxygens (including phenoxy) is 2. The fourth-order valence-electron chi connectivity index (χ4n) is 9.37. The first-order valence-electron chi connectivity index (χ1n) is 22.5. The summed E-state index contributed by atoms with van der Waals surface area (Å²) in [6.45, 7) is 13.8. The van der Waals surface area contributed by atoms with E-state index in [0.29, 0.717) is 92.8 Å². The van der Waals surface area contributed by atoms with Crippen molar-refractivity contribution in [2.45, 2.75) is 84.0 Å². The van der Waals surface area contributed by atoms with Crippen molar-refractivity contribution < 1.29 is 33.0 Å². The predicted molar refractivity (Wildman–Crippen MR) is 243 cm³/mol. The van der Waals surface area contributed by atoms with E-state index in [-0.39, 0.29) is 24.1 Å². The number of carbonyl (C=O) groups is 4. The average Bonchev–Trinajstić information content (AvgIpc) is 3.29. The monoisotopic (exact) mass is 889 g/mol. The first-order valence-corrected chi connectivity index (χ1v) is 22.5. The number of hydrogen-bond donors (Lipinski definition) is 3. The number of benzene rings is 2. The van der Waals surface area contributed by atoms with Crippen LogP contribution >= 0.6 is 0 Å². The lowest BCUT2D eigenvalue weighted by Gasteiger charge is -2.43. The number of fused-ring (bicyclic) bond motifs is 2. The second kappa shape index (κ2) is 18.1. The zero-order valence-electron chi connectivity index (χ0n) is 37.4. The van der Waals surface area contributed by atoms with Crippen LogP contribution in [0, 0.1) is 12.7 Å². The van der Waals surface area contributed by atoms with Gasteiger partial charge in [-0.1, -0.05) is 0 Å². The maximum absolute atomic E-state index is 15.3. The van der Waals surface area contributed by atoms with Gasteiger partial charge in [-0.05, 0) is 101 Å². The van der Waals surface area contributed by atoms with Gasteiger partial charge in [0.25, 0.3) is 5.91 Å². The van der Waals surface area contributed by atoms with Gasteiger partial charge in [0.2, 0.25) is 23.6 Å². The minimum Gasteiger partial charge on any atom is -0.474 e. The van der Waals surface area contributed by atoms with Crippen molar-refractivity contribution >= 4 is 58.2 Å². The van der Waals surface area contributed by atoms with Gasteiger partial charge in [-0.3, -0.25) is 29.5 Å². The molecule has 9 rings (SSSR count). The van der Waals surface area contributed by atoms with Crippen molar-refractivity contribution in [3.63, 3.8) is 0 Å². The van der Waals surface area contributed by atoms with Crippen LogP contribution in [0.1, 0.15) is 73.6 Å². The third-order valence-corrected chi connectivity index (χ3v) is 12.8. The molecule has 3 saturated heterocycles. The molecule has 2 aromatic carbocycles. The van der Waals surface area contributed by atoms with E-state index in [1.807, 2.05) is 63.1 Å². The number of nitrogens with one attached hydrogen (secondary N) is 3. The van der Waals surface area contributed by atoms with Gasteiger partial charge in [-0.2, -0.15) is 0 Å². The molecular formula is C47H56FN11O6. The third-order valence-electron chi connectivity index (χ3n) is 12.8. The van der Waals surface area contributed by atoms with E-state index >= 15 is 4.39 Å². The molecule has 4 aromatic rings. The van der Waals surface area contributed by atoms with Gasteiger partial charge in [-0.25, -0.2) is 24.1 Å². The maximum Gasteiger partial charge on any atom is 0.415 e. The van der Waals surface area contributed by atoms with Crippen LogP contribution in [0.15, 0.2) is 54.9 Å². The van der Waals surface area contributed by atoms with Gasteiger partial charge in [-0.15, -0.1) is 0 Å². The number of aromatic nitrogens is 3. The number of anilines is 6. The lowest BCUT2D eigenvalue weighted by atomic mass is 10.0. The summed E-state index contributed by atoms with van der Waals surface area (Å²) in [6, 6.07) is 12.1. The highest BCUT2D eigenvalue weighted by Crippen LogP contribution is 2.40. The van der Waals surface area contributed by atoms with Gasteiger partial charge in [0.15, 0.2) is 0 Å². The summed E-state index contributed by atoms with van der Waals surface area (Å²) in [4.78, 5) is 74.8. The van der Waals surface area contributed by atoms with Crippen molar-refractivity contribution in [3.05, 3.63) is 83.1 Å². The molecule has 0 bridgehead atoms. The Morgan fingerprint density at radius 1 is 0.862 bits per heavy atom. The van der Waals surface area contributed by atoms with Crippen LogP contribution in [0.25, 0.3) is 0 Å². The van der Waals surface area contributed by atoms with Crippen LogP contribution in [0.5, 0.6) is 5.88 Å². The van der Waals surface area contributed by atoms with Gasteiger partial charge >= 0.3 is 6.09 Å². The minimum atomic E-state index is -0.637. The number of amides is 4. The van der Waals surface area contributed by atoms with Crippen LogP contribution in [-0.2, 0) is 27.3 Å². The minimum absolute atomic E-state index is 0.00342. The van der Waals surface area contributed by atoms with Crippen molar-refractivity contribution in [1.82, 2.24) is 30.1 Å². The molecule has 3 fully saturated rings. The Morgan fingerprint density at radius 3 is 2.34 bits per heavy atom. The van der Waals surface area contributed by atoms with E-state index in [2.05, 4.69) is 40.6 Å². The summed E-state index contributed by atoms with van der Waals surface area (Å²) in [5.74, 6) is -0.156. The van der Waals surface area contributed by atoms with E-state index in [9.17, 15) is 19.2 Å². The number of pyridine rings is 1. The number of likely N-dealkylation sites (tertiary alicyclic amines) is 1. The number of piperazine rings is 1. The van der Waals surface area contributed by atoms with Crippen LogP contribution in [-0.4, -0.2) is 125 Å². The molecule has 4 amide bonds. The maximum atomic E-state index is 15.3. The van der Waals surface area contributed by atoms with E-state index < -0.39 is 23.6 Å². The fourth-order valence-corrected chi connectivity index (χ4v) is 9.37. The Balaban J connectivity index is 0.755. The summed E-state index contributed by atoms with van der Waals surface area (Å²) in [7, 11) is 0. The summed E-state index contributed by atoms with van der Waals surface area (Å²) in [5, 5.41) is 8.69. The molecule has 18 heteroatoms. The summed E-state index contributed by atoms with van der Waals surface area (Å²) < 4.78 is 26.8. The van der Waals surface area contributed by atoms with Gasteiger partial charge in [0.1, 0.15) is 29.8 Å². The molecule has 0 saturated carbocycles. The molecule has 17 nitrogen and oxygen atoms in total. The molecule has 2 aromatic heterocycles. The largest absolute Gasteiger partial charge is 0.474 e. The summed E-state index contributed by atoms with van der Waals surface area (Å²) in [5.41, 5.74) is 6.15. The van der Waals surface area contributed by atoms with Crippen LogP contribution in [0.2, 0.25) is 0 Å². The van der Waals surface area contributed by atoms with Gasteiger partial charge < -0.3 is 34.8 Å². The SMILES string of the molecule is Cc1c(N2CCc3cnc(Nc4ccc(C(=O)N5CCC(N6CCN(c7ccc(NC8CCC(=O)NC8=O)cc7F)CC6)CC5)cc4)nc3C2)cnc2c1N(C(=O)OC(C)(C)C)CCO2. The van der Waals surface area contributed by atoms with E-state index in [0.717, 1.165) is 67.1 Å². The highest BCUT2D eigenvalue weighted by molar-refractivity contribution is 6.01. The summed E-state index contributed by atoms with van der Waals surface area (Å²) in [6.07, 6.45) is 6.35. The quantitative estimate of drug-likeness (QED) is 0.192. The molecule has 5 aliphatic rings. The predicted octanol–water partition coefficient (Wildman–Crippen LogP) is 5.40. The highest BCUT2D eigenvalue weighted by atomic mass is 19.1. The highest BCUT2D eigenvalue weighted by Gasteiger charge is 2.34. The Morgan fingerprint density at radius 2 is 1.62 bits per heavy atom. The first-order chi connectivity index (χ1) is 31.3. The normalized spacial score (nSPS) is 19.5. The smallest absolute Gasteiger partial charge is 0.415 e. The number of piperidine rings is 2. The molecule has 5 aliphatic heterocycles. The van der Waals surface area contributed by atoms with Crippen LogP contribution in [0.4, 0.5) is 43.6 Å². The zero-order valence-corrected chi connectivity index (χ0v) is 37.4.